The summed E-state index contributed by atoms with van der Waals surface area (Å²) in [6.07, 6.45) is 0. The van der Waals surface area contributed by atoms with E-state index in [1.54, 1.807) is 39.1 Å². The Labute approximate surface area is 113 Å². The van der Waals surface area contributed by atoms with Crippen molar-refractivity contribution in [2.75, 3.05) is 27.9 Å². The van der Waals surface area contributed by atoms with Gasteiger partial charge in [0.05, 0.1) is 31.9 Å². The van der Waals surface area contributed by atoms with E-state index in [9.17, 15) is 9.90 Å². The van der Waals surface area contributed by atoms with Crippen molar-refractivity contribution in [3.05, 3.63) is 23.8 Å². The fraction of sp³-hybridized carbons (Fsp3) is 0.500. The van der Waals surface area contributed by atoms with Crippen LogP contribution in [0.15, 0.2) is 18.2 Å². The van der Waals surface area contributed by atoms with Crippen molar-refractivity contribution in [3.63, 3.8) is 0 Å². The molecule has 0 atom stereocenters. The lowest BCUT2D eigenvalue weighted by atomic mass is 10.0. The molecule has 0 aromatic heterocycles. The van der Waals surface area contributed by atoms with E-state index in [0.29, 0.717) is 17.1 Å². The second-order valence-corrected chi connectivity index (χ2v) is 4.88. The smallest absolute Gasteiger partial charge is 0.258 e. The molecular weight excluding hydrogens is 246 g/mol. The molecule has 1 N–H and O–H groups in total. The minimum atomic E-state index is -0.648. The highest BCUT2D eigenvalue weighted by Crippen LogP contribution is 2.32. The monoisotopic (exact) mass is 267 g/mol. The maximum absolute atomic E-state index is 12.5. The Balaban J connectivity index is 3.20. The molecule has 1 rings (SSSR count). The molecule has 1 aromatic carbocycles. The SMILES string of the molecule is COc1cccc(C(=O)N(C)C(C)(C)CO)c1OC. The molecule has 0 saturated carbocycles. The highest BCUT2D eigenvalue weighted by Gasteiger charge is 2.29. The number of amides is 1. The minimum absolute atomic E-state index is 0.123. The van der Waals surface area contributed by atoms with Gasteiger partial charge in [0, 0.05) is 7.05 Å². The zero-order valence-corrected chi connectivity index (χ0v) is 12.1. The van der Waals surface area contributed by atoms with Crippen LogP contribution in [0.4, 0.5) is 0 Å². The van der Waals surface area contributed by atoms with Gasteiger partial charge in [-0.3, -0.25) is 4.79 Å². The van der Waals surface area contributed by atoms with Gasteiger partial charge in [-0.05, 0) is 26.0 Å². The second-order valence-electron chi connectivity index (χ2n) is 4.88. The minimum Gasteiger partial charge on any atom is -0.493 e. The Morgan fingerprint density at radius 3 is 2.42 bits per heavy atom. The molecule has 0 fully saturated rings. The van der Waals surface area contributed by atoms with Gasteiger partial charge in [-0.25, -0.2) is 0 Å². The van der Waals surface area contributed by atoms with E-state index in [4.69, 9.17) is 9.47 Å². The Bertz CT molecular complexity index is 457. The van der Waals surface area contributed by atoms with Crippen LogP contribution in [0, 0.1) is 0 Å². The van der Waals surface area contributed by atoms with Gasteiger partial charge >= 0.3 is 0 Å². The Morgan fingerprint density at radius 2 is 1.95 bits per heavy atom. The first-order valence-corrected chi connectivity index (χ1v) is 5.99. The average molecular weight is 267 g/mol. The summed E-state index contributed by atoms with van der Waals surface area (Å²) >= 11 is 0. The maximum Gasteiger partial charge on any atom is 0.258 e. The summed E-state index contributed by atoms with van der Waals surface area (Å²) in [6, 6.07) is 5.13. The van der Waals surface area contributed by atoms with Crippen molar-refractivity contribution in [1.29, 1.82) is 0 Å². The number of carbonyl (C=O) groups is 1. The number of hydrogen-bond donors (Lipinski definition) is 1. The number of hydrogen-bond acceptors (Lipinski definition) is 4. The predicted molar refractivity (Wildman–Crippen MR) is 72.8 cm³/mol. The molecule has 106 valence electrons. The van der Waals surface area contributed by atoms with Gasteiger partial charge in [0.25, 0.3) is 5.91 Å². The topological polar surface area (TPSA) is 59.0 Å². The summed E-state index contributed by atoms with van der Waals surface area (Å²) in [5, 5.41) is 9.34. The summed E-state index contributed by atoms with van der Waals surface area (Å²) in [7, 11) is 4.66. The molecule has 5 heteroatoms. The number of para-hydroxylation sites is 1. The van der Waals surface area contributed by atoms with Gasteiger partial charge in [0.15, 0.2) is 11.5 Å². The lowest BCUT2D eigenvalue weighted by molar-refractivity contribution is 0.0470. The lowest BCUT2D eigenvalue weighted by Gasteiger charge is -2.34. The second kappa shape index (κ2) is 5.93. The van der Waals surface area contributed by atoms with E-state index >= 15 is 0 Å². The largest absolute Gasteiger partial charge is 0.493 e. The van der Waals surface area contributed by atoms with Crippen molar-refractivity contribution < 1.29 is 19.4 Å². The van der Waals surface area contributed by atoms with E-state index in [1.165, 1.54) is 19.1 Å². The van der Waals surface area contributed by atoms with Crippen LogP contribution >= 0.6 is 0 Å². The quantitative estimate of drug-likeness (QED) is 0.879. The number of aliphatic hydroxyl groups is 1. The summed E-state index contributed by atoms with van der Waals surface area (Å²) in [4.78, 5) is 14.0. The van der Waals surface area contributed by atoms with Crippen molar-refractivity contribution in [3.8, 4) is 11.5 Å². The summed E-state index contributed by atoms with van der Waals surface area (Å²) in [5.41, 5.74) is -0.239. The highest BCUT2D eigenvalue weighted by atomic mass is 16.5. The number of likely N-dealkylation sites (N-methyl/N-ethyl adjacent to an activating group) is 1. The third-order valence-corrected chi connectivity index (χ3v) is 3.23. The number of carbonyl (C=O) groups excluding carboxylic acids is 1. The summed E-state index contributed by atoms with van der Waals surface area (Å²) in [6.45, 7) is 3.45. The van der Waals surface area contributed by atoms with E-state index in [-0.39, 0.29) is 12.5 Å². The van der Waals surface area contributed by atoms with Crippen LogP contribution in [0.5, 0.6) is 11.5 Å². The van der Waals surface area contributed by atoms with E-state index in [0.717, 1.165) is 0 Å². The van der Waals surface area contributed by atoms with Crippen LogP contribution in [-0.2, 0) is 0 Å². The number of benzene rings is 1. The number of methoxy groups -OCH3 is 2. The van der Waals surface area contributed by atoms with Crippen LogP contribution in [0.1, 0.15) is 24.2 Å². The molecule has 0 heterocycles. The van der Waals surface area contributed by atoms with Crippen LogP contribution in [0.3, 0.4) is 0 Å². The molecule has 0 saturated heterocycles. The first-order chi connectivity index (χ1) is 8.88. The van der Waals surface area contributed by atoms with Gasteiger partial charge in [-0.2, -0.15) is 0 Å². The summed E-state index contributed by atoms with van der Waals surface area (Å²) < 4.78 is 10.4. The van der Waals surface area contributed by atoms with Crippen LogP contribution in [0.2, 0.25) is 0 Å². The molecule has 0 spiro atoms. The zero-order valence-electron chi connectivity index (χ0n) is 12.1. The number of rotatable bonds is 5. The lowest BCUT2D eigenvalue weighted by Crippen LogP contribution is -2.47. The highest BCUT2D eigenvalue weighted by molar-refractivity contribution is 5.98. The van der Waals surface area contributed by atoms with Crippen LogP contribution < -0.4 is 9.47 Å². The third kappa shape index (κ3) is 2.98. The molecule has 0 radical (unpaired) electrons. The van der Waals surface area contributed by atoms with E-state index in [2.05, 4.69) is 0 Å². The molecule has 0 aliphatic rings. The van der Waals surface area contributed by atoms with Crippen LogP contribution in [0.25, 0.3) is 0 Å². The Kier molecular flexibility index (Phi) is 4.78. The maximum atomic E-state index is 12.5. The van der Waals surface area contributed by atoms with Crippen molar-refractivity contribution >= 4 is 5.91 Å². The van der Waals surface area contributed by atoms with E-state index < -0.39 is 5.54 Å². The first-order valence-electron chi connectivity index (χ1n) is 5.99. The molecule has 0 bridgehead atoms. The predicted octanol–water partition coefficient (Wildman–Crippen LogP) is 1.55. The molecule has 1 amide bonds. The normalized spacial score (nSPS) is 11.1. The van der Waals surface area contributed by atoms with Crippen LogP contribution in [-0.4, -0.2) is 49.3 Å². The molecule has 0 unspecified atom stereocenters. The molecule has 1 aromatic rings. The Hall–Kier alpha value is -1.75. The molecule has 0 aliphatic heterocycles. The zero-order chi connectivity index (χ0) is 14.6. The van der Waals surface area contributed by atoms with Gasteiger partial charge in [-0.15, -0.1) is 0 Å². The van der Waals surface area contributed by atoms with Crippen molar-refractivity contribution in [2.45, 2.75) is 19.4 Å². The average Bonchev–Trinajstić information content (AvgIpc) is 2.44. The molecular formula is C14H21NO4. The fourth-order valence-electron chi connectivity index (χ4n) is 1.62. The van der Waals surface area contributed by atoms with Gasteiger partial charge in [0.1, 0.15) is 0 Å². The summed E-state index contributed by atoms with van der Waals surface area (Å²) in [5.74, 6) is 0.675. The fourth-order valence-corrected chi connectivity index (χ4v) is 1.62. The Morgan fingerprint density at radius 1 is 1.32 bits per heavy atom. The van der Waals surface area contributed by atoms with Crippen molar-refractivity contribution in [1.82, 2.24) is 4.90 Å². The molecule has 19 heavy (non-hydrogen) atoms. The number of aliphatic hydroxyl groups excluding tert-OH is 1. The first kappa shape index (κ1) is 15.3. The van der Waals surface area contributed by atoms with Gasteiger partial charge in [0.2, 0.25) is 0 Å². The number of ether oxygens (including phenoxy) is 2. The standard InChI is InChI=1S/C14H21NO4/c1-14(2,9-16)15(3)13(17)10-7-6-8-11(18-4)12(10)19-5/h6-8,16H,9H2,1-5H3. The van der Waals surface area contributed by atoms with E-state index in [1.807, 2.05) is 0 Å². The molecule has 0 aliphatic carbocycles. The van der Waals surface area contributed by atoms with Crippen molar-refractivity contribution in [2.24, 2.45) is 0 Å². The molecule has 5 nitrogen and oxygen atoms in total. The number of nitrogens with zero attached hydrogens (tertiary/aromatic N) is 1. The van der Waals surface area contributed by atoms with Gasteiger partial charge < -0.3 is 19.5 Å². The van der Waals surface area contributed by atoms with Gasteiger partial charge in [-0.1, -0.05) is 6.07 Å². The third-order valence-electron chi connectivity index (χ3n) is 3.23.